The van der Waals surface area contributed by atoms with E-state index in [-0.39, 0.29) is 6.04 Å². The van der Waals surface area contributed by atoms with Crippen molar-refractivity contribution in [2.45, 2.75) is 12.6 Å². The summed E-state index contributed by atoms with van der Waals surface area (Å²) in [5.41, 5.74) is 3.64. The van der Waals surface area contributed by atoms with Crippen LogP contribution in [0.5, 0.6) is 0 Å². The smallest absolute Gasteiger partial charge is 0.0752 e. The number of nitrogens with zero attached hydrogens (tertiary/aromatic N) is 1. The molecule has 1 aliphatic heterocycles. The molecule has 0 fully saturated rings. The lowest BCUT2D eigenvalue weighted by Gasteiger charge is -2.19. The highest BCUT2D eigenvalue weighted by molar-refractivity contribution is 7.10. The topological polar surface area (TPSA) is 17.0 Å². The van der Waals surface area contributed by atoms with Gasteiger partial charge in [-0.1, -0.05) is 29.8 Å². The Labute approximate surface area is 126 Å². The molecule has 0 amide bonds. The number of rotatable bonds is 1. The van der Waals surface area contributed by atoms with Crippen molar-refractivity contribution in [3.8, 4) is 5.69 Å². The first kappa shape index (κ1) is 12.2. The van der Waals surface area contributed by atoms with Crippen molar-refractivity contribution in [2.75, 3.05) is 0 Å². The predicted molar refractivity (Wildman–Crippen MR) is 83.8 cm³/mol. The third-order valence-electron chi connectivity index (χ3n) is 3.74. The summed E-state index contributed by atoms with van der Waals surface area (Å²) >= 11 is 8.17. The molecule has 3 aromatic rings. The Kier molecular flexibility index (Phi) is 2.91. The molecule has 2 nitrogen and oxygen atoms in total. The van der Waals surface area contributed by atoms with Gasteiger partial charge >= 0.3 is 0 Å². The van der Waals surface area contributed by atoms with E-state index in [1.165, 1.54) is 16.3 Å². The first-order chi connectivity index (χ1) is 9.84. The molecule has 4 heteroatoms. The van der Waals surface area contributed by atoms with E-state index in [1.54, 1.807) is 11.3 Å². The SMILES string of the molecule is Clc1ccccc1C1NCc2sccc2-n2cccc21. The van der Waals surface area contributed by atoms with Gasteiger partial charge in [0.05, 0.1) is 11.7 Å². The minimum Gasteiger partial charge on any atom is -0.318 e. The fraction of sp³-hybridized carbons (Fsp3) is 0.125. The zero-order valence-electron chi connectivity index (χ0n) is 10.7. The lowest BCUT2D eigenvalue weighted by Crippen LogP contribution is -2.21. The third-order valence-corrected chi connectivity index (χ3v) is 4.99. The second-order valence-corrected chi connectivity index (χ2v) is 6.28. The molecule has 0 saturated heterocycles. The standard InChI is InChI=1S/C16H13ClN2S/c17-12-5-2-1-4-11(12)16-14-6-3-8-19(14)13-7-9-20-15(13)10-18-16/h1-9,16,18H,10H2. The molecule has 0 saturated carbocycles. The van der Waals surface area contributed by atoms with Gasteiger partial charge in [-0.2, -0.15) is 0 Å². The van der Waals surface area contributed by atoms with Crippen LogP contribution in [-0.4, -0.2) is 4.57 Å². The summed E-state index contributed by atoms with van der Waals surface area (Å²) in [7, 11) is 0. The normalized spacial score (nSPS) is 17.4. The maximum atomic E-state index is 6.38. The van der Waals surface area contributed by atoms with Gasteiger partial charge in [-0.3, -0.25) is 5.32 Å². The third kappa shape index (κ3) is 1.82. The number of hydrogen-bond donors (Lipinski definition) is 1. The minimum absolute atomic E-state index is 0.123. The molecule has 0 aliphatic carbocycles. The number of halogens is 1. The largest absolute Gasteiger partial charge is 0.318 e. The summed E-state index contributed by atoms with van der Waals surface area (Å²) < 4.78 is 2.26. The summed E-state index contributed by atoms with van der Waals surface area (Å²) in [6, 6.07) is 14.6. The quantitative estimate of drug-likeness (QED) is 0.705. The van der Waals surface area contributed by atoms with Gasteiger partial charge < -0.3 is 4.57 Å². The second kappa shape index (κ2) is 4.77. The van der Waals surface area contributed by atoms with E-state index in [0.717, 1.165) is 17.1 Å². The number of fused-ring (bicyclic) bond motifs is 3. The van der Waals surface area contributed by atoms with Crippen LogP contribution in [0.3, 0.4) is 0 Å². The van der Waals surface area contributed by atoms with Crippen LogP contribution in [0.1, 0.15) is 22.2 Å². The Morgan fingerprint density at radius 1 is 1.15 bits per heavy atom. The molecule has 3 heterocycles. The van der Waals surface area contributed by atoms with Crippen LogP contribution in [0.4, 0.5) is 0 Å². The van der Waals surface area contributed by atoms with Crippen molar-refractivity contribution < 1.29 is 0 Å². The number of nitrogens with one attached hydrogen (secondary N) is 1. The van der Waals surface area contributed by atoms with E-state index in [4.69, 9.17) is 11.6 Å². The Morgan fingerprint density at radius 2 is 2.05 bits per heavy atom. The maximum Gasteiger partial charge on any atom is 0.0752 e. The van der Waals surface area contributed by atoms with E-state index < -0.39 is 0 Å². The average Bonchev–Trinajstić information content (AvgIpc) is 3.08. The van der Waals surface area contributed by atoms with Gasteiger partial charge in [0.2, 0.25) is 0 Å². The number of benzene rings is 1. The molecule has 100 valence electrons. The van der Waals surface area contributed by atoms with Gasteiger partial charge in [0.15, 0.2) is 0 Å². The molecule has 0 bridgehead atoms. The Hall–Kier alpha value is -1.55. The van der Waals surface area contributed by atoms with Crippen molar-refractivity contribution >= 4 is 22.9 Å². The number of aromatic nitrogens is 1. The van der Waals surface area contributed by atoms with Gasteiger partial charge in [0.25, 0.3) is 0 Å². The van der Waals surface area contributed by atoms with E-state index in [0.29, 0.717) is 0 Å². The highest BCUT2D eigenvalue weighted by Crippen LogP contribution is 2.34. The van der Waals surface area contributed by atoms with Crippen molar-refractivity contribution in [2.24, 2.45) is 0 Å². The van der Waals surface area contributed by atoms with Gasteiger partial charge in [-0.25, -0.2) is 0 Å². The van der Waals surface area contributed by atoms with E-state index in [9.17, 15) is 0 Å². The Morgan fingerprint density at radius 3 is 2.95 bits per heavy atom. The summed E-state index contributed by atoms with van der Waals surface area (Å²) in [4.78, 5) is 1.36. The zero-order chi connectivity index (χ0) is 13.5. The van der Waals surface area contributed by atoms with Crippen LogP contribution >= 0.6 is 22.9 Å². The molecule has 1 N–H and O–H groups in total. The highest BCUT2D eigenvalue weighted by atomic mass is 35.5. The average molecular weight is 301 g/mol. The Bertz CT molecular complexity index is 759. The first-order valence-electron chi connectivity index (χ1n) is 6.56. The van der Waals surface area contributed by atoms with Crippen molar-refractivity contribution in [3.05, 3.63) is 75.2 Å². The van der Waals surface area contributed by atoms with Crippen molar-refractivity contribution in [1.82, 2.24) is 9.88 Å². The number of hydrogen-bond acceptors (Lipinski definition) is 2. The zero-order valence-corrected chi connectivity index (χ0v) is 12.3. The molecule has 0 spiro atoms. The minimum atomic E-state index is 0.123. The fourth-order valence-electron chi connectivity index (χ4n) is 2.81. The molecule has 1 atom stereocenters. The van der Waals surface area contributed by atoms with E-state index in [1.807, 2.05) is 18.2 Å². The summed E-state index contributed by atoms with van der Waals surface area (Å²) in [5, 5.41) is 6.58. The Balaban J connectivity index is 1.89. The van der Waals surface area contributed by atoms with Gasteiger partial charge in [0.1, 0.15) is 0 Å². The van der Waals surface area contributed by atoms with E-state index in [2.05, 4.69) is 45.7 Å². The molecule has 2 aromatic heterocycles. The van der Waals surface area contributed by atoms with Crippen LogP contribution in [-0.2, 0) is 6.54 Å². The molecule has 1 aromatic carbocycles. The lowest BCUT2D eigenvalue weighted by molar-refractivity contribution is 0.604. The van der Waals surface area contributed by atoms with Crippen LogP contribution in [0.25, 0.3) is 5.69 Å². The highest BCUT2D eigenvalue weighted by Gasteiger charge is 2.24. The predicted octanol–water partition coefficient (Wildman–Crippen LogP) is 4.38. The van der Waals surface area contributed by atoms with Gasteiger partial charge in [-0.15, -0.1) is 11.3 Å². The molecule has 1 aliphatic rings. The lowest BCUT2D eigenvalue weighted by atomic mass is 10.0. The van der Waals surface area contributed by atoms with Crippen LogP contribution in [0.15, 0.2) is 54.0 Å². The molecular formula is C16H13ClN2S. The molecule has 0 radical (unpaired) electrons. The van der Waals surface area contributed by atoms with Crippen LogP contribution < -0.4 is 5.32 Å². The fourth-order valence-corrected chi connectivity index (χ4v) is 3.87. The van der Waals surface area contributed by atoms with Crippen LogP contribution in [0, 0.1) is 0 Å². The van der Waals surface area contributed by atoms with Gasteiger partial charge in [0, 0.05) is 28.3 Å². The summed E-state index contributed by atoms with van der Waals surface area (Å²) in [6.07, 6.45) is 2.12. The monoisotopic (exact) mass is 300 g/mol. The summed E-state index contributed by atoms with van der Waals surface area (Å²) in [5.74, 6) is 0. The molecule has 4 rings (SSSR count). The number of thiophene rings is 1. The second-order valence-electron chi connectivity index (χ2n) is 4.87. The molecule has 20 heavy (non-hydrogen) atoms. The van der Waals surface area contributed by atoms with Crippen molar-refractivity contribution in [3.63, 3.8) is 0 Å². The summed E-state index contributed by atoms with van der Waals surface area (Å²) in [6.45, 7) is 0.866. The van der Waals surface area contributed by atoms with Gasteiger partial charge in [-0.05, 0) is 35.2 Å². The molecule has 1 unspecified atom stereocenters. The van der Waals surface area contributed by atoms with Crippen LogP contribution in [0.2, 0.25) is 5.02 Å². The van der Waals surface area contributed by atoms with Crippen molar-refractivity contribution in [1.29, 1.82) is 0 Å². The molecular weight excluding hydrogens is 288 g/mol. The maximum absolute atomic E-state index is 6.38. The first-order valence-corrected chi connectivity index (χ1v) is 7.82. The van der Waals surface area contributed by atoms with E-state index >= 15 is 0 Å².